The van der Waals surface area contributed by atoms with E-state index in [-0.39, 0.29) is 0 Å². The Labute approximate surface area is 108 Å². The quantitative estimate of drug-likeness (QED) is 0.836. The second kappa shape index (κ2) is 5.00. The van der Waals surface area contributed by atoms with Crippen molar-refractivity contribution in [2.24, 2.45) is 5.73 Å². The monoisotopic (exact) mass is 249 g/mol. The number of nitrogens with two attached hydrogens (primary N) is 1. The summed E-state index contributed by atoms with van der Waals surface area (Å²) >= 11 is 4.98. The minimum absolute atomic E-state index is 0.367. The van der Waals surface area contributed by atoms with Gasteiger partial charge in [0.15, 0.2) is 0 Å². The molecule has 1 aliphatic heterocycles. The Bertz CT molecular complexity index is 419. The van der Waals surface area contributed by atoms with Gasteiger partial charge < -0.3 is 10.6 Å². The highest BCUT2D eigenvalue weighted by Gasteiger charge is 2.29. The lowest BCUT2D eigenvalue weighted by Gasteiger charge is -2.30. The second-order valence-corrected chi connectivity index (χ2v) is 5.10. The van der Waals surface area contributed by atoms with Gasteiger partial charge in [-0.1, -0.05) is 19.1 Å². The summed E-state index contributed by atoms with van der Waals surface area (Å²) in [5.41, 5.74) is 7.54. The molecule has 1 aromatic heterocycles. The molecule has 92 valence electrons. The van der Waals surface area contributed by atoms with Crippen LogP contribution in [0.1, 0.15) is 38.8 Å². The number of pyridine rings is 1. The number of thiocarbonyl (C=S) groups is 1. The van der Waals surface area contributed by atoms with E-state index in [1.54, 1.807) is 6.20 Å². The summed E-state index contributed by atoms with van der Waals surface area (Å²) in [5, 5.41) is 0. The Morgan fingerprint density at radius 3 is 3.00 bits per heavy atom. The fourth-order valence-electron chi connectivity index (χ4n) is 2.65. The van der Waals surface area contributed by atoms with Gasteiger partial charge in [0.1, 0.15) is 4.99 Å². The number of nitrogens with zero attached hydrogens (tertiary/aromatic N) is 2. The lowest BCUT2D eigenvalue weighted by Crippen LogP contribution is -2.34. The summed E-state index contributed by atoms with van der Waals surface area (Å²) in [6.07, 6.45) is 5.49. The van der Waals surface area contributed by atoms with Gasteiger partial charge in [-0.15, -0.1) is 0 Å². The van der Waals surface area contributed by atoms with Crippen molar-refractivity contribution in [3.8, 4) is 0 Å². The van der Waals surface area contributed by atoms with Crippen LogP contribution in [0, 0.1) is 0 Å². The molecule has 2 heterocycles. The van der Waals surface area contributed by atoms with E-state index in [9.17, 15) is 0 Å². The van der Waals surface area contributed by atoms with Crippen molar-refractivity contribution in [2.45, 2.75) is 45.2 Å². The number of hydrogen-bond acceptors (Lipinski definition) is 3. The molecular formula is C13H19N3S. The minimum atomic E-state index is 0.367. The number of hydrogen-bond donors (Lipinski definition) is 1. The van der Waals surface area contributed by atoms with E-state index >= 15 is 0 Å². The average Bonchev–Trinajstić information content (AvgIpc) is 2.70. The van der Waals surface area contributed by atoms with E-state index in [0.29, 0.717) is 22.8 Å². The van der Waals surface area contributed by atoms with Gasteiger partial charge in [-0.2, -0.15) is 0 Å². The van der Waals surface area contributed by atoms with E-state index in [4.69, 9.17) is 18.0 Å². The number of aromatic nitrogens is 1. The molecule has 1 saturated heterocycles. The van der Waals surface area contributed by atoms with Crippen LogP contribution in [0.5, 0.6) is 0 Å². The molecule has 0 spiro atoms. The fraction of sp³-hybridized carbons (Fsp3) is 0.538. The summed E-state index contributed by atoms with van der Waals surface area (Å²) < 4.78 is 0. The second-order valence-electron chi connectivity index (χ2n) is 4.66. The van der Waals surface area contributed by atoms with E-state index in [1.807, 2.05) is 12.1 Å². The molecule has 1 aliphatic rings. The van der Waals surface area contributed by atoms with E-state index in [2.05, 4.69) is 23.7 Å². The molecule has 0 bridgehead atoms. The van der Waals surface area contributed by atoms with Crippen molar-refractivity contribution in [2.75, 3.05) is 4.90 Å². The molecule has 0 aromatic carbocycles. The first-order chi connectivity index (χ1) is 8.13. The maximum atomic E-state index is 5.63. The molecule has 17 heavy (non-hydrogen) atoms. The van der Waals surface area contributed by atoms with E-state index < -0.39 is 0 Å². The molecule has 2 unspecified atom stereocenters. The van der Waals surface area contributed by atoms with Crippen LogP contribution in [0.25, 0.3) is 0 Å². The Kier molecular flexibility index (Phi) is 3.62. The summed E-state index contributed by atoms with van der Waals surface area (Å²) in [7, 11) is 0. The lowest BCUT2D eigenvalue weighted by atomic mass is 10.1. The zero-order chi connectivity index (χ0) is 12.4. The summed E-state index contributed by atoms with van der Waals surface area (Å²) in [6.45, 7) is 4.52. The van der Waals surface area contributed by atoms with Crippen LogP contribution in [-0.2, 0) is 0 Å². The highest BCUT2D eigenvalue weighted by molar-refractivity contribution is 7.80. The van der Waals surface area contributed by atoms with Gasteiger partial charge in [0, 0.05) is 24.0 Å². The summed E-state index contributed by atoms with van der Waals surface area (Å²) in [6, 6.07) is 5.27. The molecule has 0 radical (unpaired) electrons. The Balaban J connectivity index is 2.32. The summed E-state index contributed by atoms with van der Waals surface area (Å²) in [5.74, 6) is 0. The zero-order valence-electron chi connectivity index (χ0n) is 10.4. The van der Waals surface area contributed by atoms with Gasteiger partial charge in [-0.05, 0) is 38.3 Å². The molecule has 1 aromatic rings. The fourth-order valence-corrected chi connectivity index (χ4v) is 2.76. The molecule has 4 heteroatoms. The molecule has 0 aliphatic carbocycles. The van der Waals surface area contributed by atoms with Crippen molar-refractivity contribution in [1.29, 1.82) is 0 Å². The standard InChI is InChI=1S/C13H19N3S/c1-3-10-5-4-9(2)16(10)11-6-7-15-12(8-11)13(14)17/h6-10H,3-5H2,1-2H3,(H2,14,17). The maximum absolute atomic E-state index is 5.63. The van der Waals surface area contributed by atoms with Crippen LogP contribution in [0.3, 0.4) is 0 Å². The normalized spacial score (nSPS) is 24.0. The molecule has 1 fully saturated rings. The third kappa shape index (κ3) is 2.41. The molecule has 0 saturated carbocycles. The molecule has 3 nitrogen and oxygen atoms in total. The first-order valence-corrected chi connectivity index (χ1v) is 6.58. The molecule has 2 N–H and O–H groups in total. The average molecular weight is 249 g/mol. The SMILES string of the molecule is CCC1CCC(C)N1c1ccnc(C(N)=S)c1. The number of anilines is 1. The minimum Gasteiger partial charge on any atom is -0.388 e. The molecular weight excluding hydrogens is 230 g/mol. The topological polar surface area (TPSA) is 42.2 Å². The predicted molar refractivity (Wildman–Crippen MR) is 75.4 cm³/mol. The van der Waals surface area contributed by atoms with Gasteiger partial charge in [0.25, 0.3) is 0 Å². The van der Waals surface area contributed by atoms with Gasteiger partial charge in [-0.25, -0.2) is 0 Å². The molecule has 0 amide bonds. The zero-order valence-corrected chi connectivity index (χ0v) is 11.2. The van der Waals surface area contributed by atoms with Gasteiger partial charge in [0.2, 0.25) is 0 Å². The van der Waals surface area contributed by atoms with E-state index in [1.165, 1.54) is 24.9 Å². The van der Waals surface area contributed by atoms with Crippen LogP contribution >= 0.6 is 12.2 Å². The number of rotatable bonds is 3. The molecule has 2 atom stereocenters. The van der Waals surface area contributed by atoms with Crippen LogP contribution in [0.4, 0.5) is 5.69 Å². The van der Waals surface area contributed by atoms with Crippen molar-refractivity contribution in [3.05, 3.63) is 24.0 Å². The highest BCUT2D eigenvalue weighted by atomic mass is 32.1. The Morgan fingerprint density at radius 1 is 1.59 bits per heavy atom. The van der Waals surface area contributed by atoms with Crippen LogP contribution in [0.2, 0.25) is 0 Å². The van der Waals surface area contributed by atoms with Crippen LogP contribution < -0.4 is 10.6 Å². The van der Waals surface area contributed by atoms with Crippen LogP contribution in [0.15, 0.2) is 18.3 Å². The van der Waals surface area contributed by atoms with Gasteiger partial charge >= 0.3 is 0 Å². The van der Waals surface area contributed by atoms with Crippen molar-refractivity contribution >= 4 is 22.9 Å². The maximum Gasteiger partial charge on any atom is 0.122 e. The van der Waals surface area contributed by atoms with Crippen molar-refractivity contribution < 1.29 is 0 Å². The third-order valence-electron chi connectivity index (χ3n) is 3.55. The first kappa shape index (κ1) is 12.3. The molecule has 2 rings (SSSR count). The highest BCUT2D eigenvalue weighted by Crippen LogP contribution is 2.31. The van der Waals surface area contributed by atoms with E-state index in [0.717, 1.165) is 0 Å². The van der Waals surface area contributed by atoms with Crippen LogP contribution in [-0.4, -0.2) is 22.1 Å². The smallest absolute Gasteiger partial charge is 0.122 e. The first-order valence-electron chi connectivity index (χ1n) is 6.17. The van der Waals surface area contributed by atoms with Crippen molar-refractivity contribution in [1.82, 2.24) is 4.98 Å². The van der Waals surface area contributed by atoms with Gasteiger partial charge in [0.05, 0.1) is 5.69 Å². The Hall–Kier alpha value is -1.16. The lowest BCUT2D eigenvalue weighted by molar-refractivity contribution is 0.628. The largest absolute Gasteiger partial charge is 0.388 e. The predicted octanol–water partition coefficient (Wildman–Crippen LogP) is 2.48. The van der Waals surface area contributed by atoms with Gasteiger partial charge in [-0.3, -0.25) is 4.98 Å². The summed E-state index contributed by atoms with van der Waals surface area (Å²) in [4.78, 5) is 7.04. The van der Waals surface area contributed by atoms with Crippen molar-refractivity contribution in [3.63, 3.8) is 0 Å². The third-order valence-corrected chi connectivity index (χ3v) is 3.76. The Morgan fingerprint density at radius 2 is 2.35 bits per heavy atom.